The number of amides is 1. The summed E-state index contributed by atoms with van der Waals surface area (Å²) < 4.78 is 61.1. The predicted molar refractivity (Wildman–Crippen MR) is 115 cm³/mol. The molecule has 8 nitrogen and oxygen atoms in total. The van der Waals surface area contributed by atoms with E-state index in [0.717, 1.165) is 17.6 Å². The van der Waals surface area contributed by atoms with E-state index in [9.17, 15) is 27.9 Å². The molecule has 0 saturated heterocycles. The molecule has 0 radical (unpaired) electrons. The molecule has 0 aliphatic rings. The summed E-state index contributed by atoms with van der Waals surface area (Å²) in [5.74, 6) is -2.73. The van der Waals surface area contributed by atoms with Crippen molar-refractivity contribution in [2.24, 2.45) is 7.05 Å². The Morgan fingerprint density at radius 1 is 1.21 bits per heavy atom. The van der Waals surface area contributed by atoms with E-state index in [0.29, 0.717) is 22.0 Å². The molecule has 2 N–H and O–H groups in total. The number of carbonyl (C=O) groups excluding carboxylic acids is 1. The number of anilines is 1. The number of alkyl halides is 3. The molecule has 1 aromatic heterocycles. The molecule has 0 saturated carbocycles. The topological polar surface area (TPSA) is 98.4 Å². The zero-order valence-corrected chi connectivity index (χ0v) is 18.6. The summed E-state index contributed by atoms with van der Waals surface area (Å²) in [5.41, 5.74) is -0.884. The Bertz CT molecular complexity index is 1280. The number of hydrogen-bond acceptors (Lipinski definition) is 5. The van der Waals surface area contributed by atoms with Crippen molar-refractivity contribution >= 4 is 11.6 Å². The van der Waals surface area contributed by atoms with Crippen LogP contribution in [0, 0.1) is 12.7 Å². The van der Waals surface area contributed by atoms with E-state index >= 15 is 4.39 Å². The molecule has 12 heteroatoms. The van der Waals surface area contributed by atoms with Crippen LogP contribution < -0.4 is 15.7 Å². The minimum absolute atomic E-state index is 0.100. The standard InChI is InChI=1S/C22H22F4N4O4/c1-11-7-5-6-8-16(11)27-20(32)14-9-15(23)17(10-18(14)34-13(3)22(24,25)26)30-21(33)29(4)19(28-30)12(2)31/h5-10,12-13,31H,1-4H3,(H,27,32). The van der Waals surface area contributed by atoms with E-state index in [1.165, 1.54) is 14.0 Å². The molecule has 182 valence electrons. The van der Waals surface area contributed by atoms with E-state index < -0.39 is 52.8 Å². The van der Waals surface area contributed by atoms with Gasteiger partial charge in [-0.15, -0.1) is 5.10 Å². The van der Waals surface area contributed by atoms with Gasteiger partial charge in [0.2, 0.25) is 0 Å². The maximum atomic E-state index is 15.1. The molecule has 2 atom stereocenters. The van der Waals surface area contributed by atoms with Gasteiger partial charge in [0, 0.05) is 18.8 Å². The molecular formula is C22H22F4N4O4. The Labute approximate surface area is 191 Å². The molecule has 1 heterocycles. The first kappa shape index (κ1) is 25.0. The number of nitrogens with one attached hydrogen (secondary N) is 1. The average Bonchev–Trinajstić information content (AvgIpc) is 3.04. The Balaban J connectivity index is 2.14. The van der Waals surface area contributed by atoms with Crippen molar-refractivity contribution < 1.29 is 32.2 Å². The highest BCUT2D eigenvalue weighted by Crippen LogP contribution is 2.31. The fourth-order valence-electron chi connectivity index (χ4n) is 3.11. The van der Waals surface area contributed by atoms with Crippen molar-refractivity contribution in [1.29, 1.82) is 0 Å². The number of nitrogens with zero attached hydrogens (tertiary/aromatic N) is 3. The smallest absolute Gasteiger partial charge is 0.425 e. The summed E-state index contributed by atoms with van der Waals surface area (Å²) >= 11 is 0. The van der Waals surface area contributed by atoms with E-state index in [1.807, 2.05) is 0 Å². The van der Waals surface area contributed by atoms with E-state index in [1.54, 1.807) is 31.2 Å². The van der Waals surface area contributed by atoms with Crippen LogP contribution in [0.15, 0.2) is 41.2 Å². The third-order valence-electron chi connectivity index (χ3n) is 5.07. The van der Waals surface area contributed by atoms with E-state index in [2.05, 4.69) is 10.4 Å². The molecule has 34 heavy (non-hydrogen) atoms. The number of aryl methyl sites for hydroxylation is 1. The summed E-state index contributed by atoms with van der Waals surface area (Å²) in [6.07, 6.45) is -8.30. The van der Waals surface area contributed by atoms with Gasteiger partial charge in [-0.3, -0.25) is 9.36 Å². The van der Waals surface area contributed by atoms with Crippen LogP contribution in [0.3, 0.4) is 0 Å². The first-order chi connectivity index (χ1) is 15.8. The maximum absolute atomic E-state index is 15.1. The van der Waals surface area contributed by atoms with Crippen molar-refractivity contribution in [3.63, 3.8) is 0 Å². The zero-order valence-electron chi connectivity index (χ0n) is 18.6. The van der Waals surface area contributed by atoms with Gasteiger partial charge >= 0.3 is 11.9 Å². The minimum atomic E-state index is -4.78. The quantitative estimate of drug-likeness (QED) is 0.523. The van der Waals surface area contributed by atoms with Crippen LogP contribution >= 0.6 is 0 Å². The first-order valence-corrected chi connectivity index (χ1v) is 10.1. The molecule has 3 rings (SSSR count). The summed E-state index contributed by atoms with van der Waals surface area (Å²) in [4.78, 5) is 25.4. The van der Waals surface area contributed by atoms with Crippen molar-refractivity contribution in [2.75, 3.05) is 5.32 Å². The third-order valence-corrected chi connectivity index (χ3v) is 5.07. The number of para-hydroxylation sites is 1. The molecule has 0 bridgehead atoms. The third kappa shape index (κ3) is 4.96. The predicted octanol–water partition coefficient (Wildman–Crippen LogP) is 3.65. The van der Waals surface area contributed by atoms with Gasteiger partial charge < -0.3 is 15.2 Å². The van der Waals surface area contributed by atoms with Crippen LogP contribution in [-0.4, -0.2) is 37.6 Å². The molecule has 2 aromatic carbocycles. The number of rotatable bonds is 6. The van der Waals surface area contributed by atoms with Crippen LogP contribution in [0.25, 0.3) is 5.69 Å². The second-order valence-electron chi connectivity index (χ2n) is 7.66. The monoisotopic (exact) mass is 482 g/mol. The van der Waals surface area contributed by atoms with Crippen molar-refractivity contribution in [1.82, 2.24) is 14.3 Å². The molecule has 2 unspecified atom stereocenters. The minimum Gasteiger partial charge on any atom is -0.480 e. The lowest BCUT2D eigenvalue weighted by Crippen LogP contribution is -2.32. The Hall–Kier alpha value is -3.67. The summed E-state index contributed by atoms with van der Waals surface area (Å²) in [5, 5.41) is 16.1. The largest absolute Gasteiger partial charge is 0.480 e. The van der Waals surface area contributed by atoms with E-state index in [4.69, 9.17) is 4.74 Å². The van der Waals surface area contributed by atoms with Crippen LogP contribution in [-0.2, 0) is 7.05 Å². The van der Waals surface area contributed by atoms with Gasteiger partial charge in [0.1, 0.15) is 23.4 Å². The lowest BCUT2D eigenvalue weighted by Gasteiger charge is -2.20. The Kier molecular flexibility index (Phi) is 6.82. The average molecular weight is 482 g/mol. The van der Waals surface area contributed by atoms with Crippen molar-refractivity contribution in [2.45, 2.75) is 39.2 Å². The summed E-state index contributed by atoms with van der Waals surface area (Å²) in [6.45, 7) is 3.77. The number of halogens is 4. The second-order valence-corrected chi connectivity index (χ2v) is 7.66. The van der Waals surface area contributed by atoms with Gasteiger partial charge in [-0.2, -0.15) is 17.9 Å². The highest BCUT2D eigenvalue weighted by Gasteiger charge is 2.39. The highest BCUT2D eigenvalue weighted by molar-refractivity contribution is 6.06. The number of aromatic nitrogens is 3. The molecule has 1 amide bonds. The van der Waals surface area contributed by atoms with Crippen LogP contribution in [0.5, 0.6) is 5.75 Å². The number of ether oxygens (including phenoxy) is 1. The lowest BCUT2D eigenvalue weighted by atomic mass is 10.1. The molecule has 0 aliphatic heterocycles. The number of hydrogen-bond donors (Lipinski definition) is 2. The maximum Gasteiger partial charge on any atom is 0.425 e. The summed E-state index contributed by atoms with van der Waals surface area (Å²) in [7, 11) is 1.29. The van der Waals surface area contributed by atoms with Crippen LogP contribution in [0.4, 0.5) is 23.2 Å². The Morgan fingerprint density at radius 3 is 2.41 bits per heavy atom. The van der Waals surface area contributed by atoms with Gasteiger partial charge in [-0.05, 0) is 38.5 Å². The van der Waals surface area contributed by atoms with Crippen LogP contribution in [0.2, 0.25) is 0 Å². The fraction of sp³-hybridized carbons (Fsp3) is 0.318. The van der Waals surface area contributed by atoms with Gasteiger partial charge in [0.15, 0.2) is 11.9 Å². The van der Waals surface area contributed by atoms with Gasteiger partial charge in [-0.1, -0.05) is 18.2 Å². The van der Waals surface area contributed by atoms with Crippen molar-refractivity contribution in [3.8, 4) is 11.4 Å². The molecule has 0 fully saturated rings. The Morgan fingerprint density at radius 2 is 1.85 bits per heavy atom. The molecule has 0 spiro atoms. The zero-order chi connectivity index (χ0) is 25.4. The molecular weight excluding hydrogens is 460 g/mol. The van der Waals surface area contributed by atoms with E-state index in [-0.39, 0.29) is 5.82 Å². The SMILES string of the molecule is Cc1ccccc1NC(=O)c1cc(F)c(-n2nc(C(C)O)n(C)c2=O)cc1OC(C)C(F)(F)F. The van der Waals surface area contributed by atoms with Gasteiger partial charge in [0.05, 0.1) is 5.56 Å². The summed E-state index contributed by atoms with van der Waals surface area (Å²) in [6, 6.07) is 8.11. The number of aliphatic hydroxyl groups is 1. The van der Waals surface area contributed by atoms with Gasteiger partial charge in [-0.25, -0.2) is 9.18 Å². The molecule has 0 aliphatic carbocycles. The van der Waals surface area contributed by atoms with Crippen molar-refractivity contribution in [3.05, 3.63) is 69.7 Å². The van der Waals surface area contributed by atoms with Crippen LogP contribution in [0.1, 0.15) is 41.7 Å². The second kappa shape index (κ2) is 9.29. The number of aliphatic hydroxyl groups excluding tert-OH is 1. The first-order valence-electron chi connectivity index (χ1n) is 10.1. The normalized spacial score (nSPS) is 13.4. The lowest BCUT2D eigenvalue weighted by molar-refractivity contribution is -0.189. The number of carbonyl (C=O) groups is 1. The van der Waals surface area contributed by atoms with Gasteiger partial charge in [0.25, 0.3) is 5.91 Å². The fourth-order valence-corrected chi connectivity index (χ4v) is 3.11. The highest BCUT2D eigenvalue weighted by atomic mass is 19.4. The molecule has 3 aromatic rings. The number of benzene rings is 2.